The molecule has 5 heteroatoms. The van der Waals surface area contributed by atoms with Gasteiger partial charge in [0.25, 0.3) is 5.91 Å². The van der Waals surface area contributed by atoms with Gasteiger partial charge in [0, 0.05) is 13.1 Å². The van der Waals surface area contributed by atoms with Crippen molar-refractivity contribution in [3.63, 3.8) is 0 Å². The number of carbonyl (C=O) groups excluding carboxylic acids is 2. The number of fused-ring (bicyclic) bond motifs is 1. The van der Waals surface area contributed by atoms with Crippen LogP contribution in [0, 0.1) is 0 Å². The molecule has 1 aliphatic heterocycles. The molecule has 130 valence electrons. The van der Waals surface area contributed by atoms with Crippen LogP contribution in [0.2, 0.25) is 0 Å². The van der Waals surface area contributed by atoms with Gasteiger partial charge in [0.2, 0.25) is 0 Å². The molecule has 0 radical (unpaired) electrons. The van der Waals surface area contributed by atoms with Crippen LogP contribution in [0.4, 0.5) is 0 Å². The lowest BCUT2D eigenvalue weighted by atomic mass is 10.00. The molecule has 2 aromatic carbocycles. The molecule has 0 bridgehead atoms. The summed E-state index contributed by atoms with van der Waals surface area (Å²) in [6.45, 7) is 1.02. The number of hydrogen-bond donors (Lipinski definition) is 0. The third-order valence-corrected chi connectivity index (χ3v) is 4.35. The zero-order valence-corrected chi connectivity index (χ0v) is 14.2. The smallest absolute Gasteiger partial charge is 0.310 e. The average Bonchev–Trinajstić information content (AvgIpc) is 2.66. The summed E-state index contributed by atoms with van der Waals surface area (Å²) in [5, 5.41) is 0. The van der Waals surface area contributed by atoms with E-state index in [0.29, 0.717) is 13.1 Å². The fourth-order valence-electron chi connectivity index (χ4n) is 2.90. The molecule has 1 heterocycles. The van der Waals surface area contributed by atoms with E-state index in [4.69, 9.17) is 9.47 Å². The first-order valence-corrected chi connectivity index (χ1v) is 8.29. The summed E-state index contributed by atoms with van der Waals surface area (Å²) >= 11 is 0. The van der Waals surface area contributed by atoms with Crippen molar-refractivity contribution >= 4 is 11.9 Å². The Morgan fingerprint density at radius 1 is 1.04 bits per heavy atom. The van der Waals surface area contributed by atoms with Crippen LogP contribution in [0.15, 0.2) is 48.5 Å². The Bertz CT molecular complexity index is 755. The standard InChI is InChI=1S/C20H21NO4/c1-24-18-8-6-15(7-9-18)12-20(23)25-14-19(22)21-11-10-16-4-2-3-5-17(16)13-21/h2-9H,10-14H2,1H3. The van der Waals surface area contributed by atoms with Crippen LogP contribution >= 0.6 is 0 Å². The van der Waals surface area contributed by atoms with Crippen LogP contribution in [0.5, 0.6) is 5.75 Å². The zero-order valence-electron chi connectivity index (χ0n) is 14.2. The van der Waals surface area contributed by atoms with E-state index >= 15 is 0 Å². The molecule has 5 nitrogen and oxygen atoms in total. The molecule has 0 fully saturated rings. The maximum atomic E-state index is 12.3. The quantitative estimate of drug-likeness (QED) is 0.785. The molecule has 1 aliphatic rings. The van der Waals surface area contributed by atoms with Crippen molar-refractivity contribution in [1.82, 2.24) is 4.90 Å². The Labute approximate surface area is 147 Å². The summed E-state index contributed by atoms with van der Waals surface area (Å²) in [7, 11) is 1.59. The van der Waals surface area contributed by atoms with E-state index in [1.54, 1.807) is 24.1 Å². The number of nitrogens with zero attached hydrogens (tertiary/aromatic N) is 1. The van der Waals surface area contributed by atoms with Gasteiger partial charge < -0.3 is 14.4 Å². The predicted molar refractivity (Wildman–Crippen MR) is 93.2 cm³/mol. The van der Waals surface area contributed by atoms with Crippen LogP contribution in [0.25, 0.3) is 0 Å². The second kappa shape index (κ2) is 7.83. The maximum Gasteiger partial charge on any atom is 0.310 e. The zero-order chi connectivity index (χ0) is 17.6. The Morgan fingerprint density at radius 3 is 2.48 bits per heavy atom. The summed E-state index contributed by atoms with van der Waals surface area (Å²) < 4.78 is 10.2. The number of amides is 1. The molecule has 0 N–H and O–H groups in total. The first-order chi connectivity index (χ1) is 12.2. The predicted octanol–water partition coefficient (Wildman–Crippen LogP) is 2.37. The molecule has 0 saturated heterocycles. The van der Waals surface area contributed by atoms with Gasteiger partial charge in [0.15, 0.2) is 6.61 Å². The average molecular weight is 339 g/mol. The summed E-state index contributed by atoms with van der Waals surface area (Å²) in [5.74, 6) is 0.172. The third-order valence-electron chi connectivity index (χ3n) is 4.35. The highest BCUT2D eigenvalue weighted by Crippen LogP contribution is 2.18. The molecular weight excluding hydrogens is 318 g/mol. The van der Waals surface area contributed by atoms with E-state index in [9.17, 15) is 9.59 Å². The van der Waals surface area contributed by atoms with Crippen LogP contribution < -0.4 is 4.74 Å². The SMILES string of the molecule is COc1ccc(CC(=O)OCC(=O)N2CCc3ccccc3C2)cc1. The molecule has 0 atom stereocenters. The molecular formula is C20H21NO4. The molecule has 0 saturated carbocycles. The van der Waals surface area contributed by atoms with Gasteiger partial charge in [-0.3, -0.25) is 9.59 Å². The minimum absolute atomic E-state index is 0.139. The van der Waals surface area contributed by atoms with Gasteiger partial charge in [0.1, 0.15) is 5.75 Å². The number of ether oxygens (including phenoxy) is 2. The van der Waals surface area contributed by atoms with Crippen LogP contribution in [0.3, 0.4) is 0 Å². The molecule has 0 aromatic heterocycles. The van der Waals surface area contributed by atoms with E-state index in [2.05, 4.69) is 6.07 Å². The Hall–Kier alpha value is -2.82. The molecule has 0 unspecified atom stereocenters. The highest BCUT2D eigenvalue weighted by Gasteiger charge is 2.21. The molecule has 0 spiro atoms. The number of carbonyl (C=O) groups is 2. The summed E-state index contributed by atoms with van der Waals surface area (Å²) in [4.78, 5) is 25.9. The normalized spacial score (nSPS) is 13.1. The molecule has 3 rings (SSSR count). The van der Waals surface area contributed by atoms with Gasteiger partial charge in [-0.05, 0) is 35.2 Å². The fraction of sp³-hybridized carbons (Fsp3) is 0.300. The Morgan fingerprint density at radius 2 is 1.76 bits per heavy atom. The molecule has 25 heavy (non-hydrogen) atoms. The van der Waals surface area contributed by atoms with Crippen molar-refractivity contribution in [3.05, 3.63) is 65.2 Å². The Kier molecular flexibility index (Phi) is 5.33. The lowest BCUT2D eigenvalue weighted by Crippen LogP contribution is -2.38. The number of hydrogen-bond acceptors (Lipinski definition) is 4. The summed E-state index contributed by atoms with van der Waals surface area (Å²) in [5.41, 5.74) is 3.26. The van der Waals surface area contributed by atoms with E-state index in [1.807, 2.05) is 30.3 Å². The second-order valence-electron chi connectivity index (χ2n) is 6.02. The molecule has 0 aliphatic carbocycles. The first-order valence-electron chi connectivity index (χ1n) is 8.29. The monoisotopic (exact) mass is 339 g/mol. The highest BCUT2D eigenvalue weighted by molar-refractivity contribution is 5.81. The second-order valence-corrected chi connectivity index (χ2v) is 6.02. The van der Waals surface area contributed by atoms with Crippen molar-refractivity contribution in [3.8, 4) is 5.75 Å². The van der Waals surface area contributed by atoms with Gasteiger partial charge in [-0.15, -0.1) is 0 Å². The number of methoxy groups -OCH3 is 1. The highest BCUT2D eigenvalue weighted by atomic mass is 16.5. The summed E-state index contributed by atoms with van der Waals surface area (Å²) in [6, 6.07) is 15.3. The number of esters is 1. The fourth-order valence-corrected chi connectivity index (χ4v) is 2.90. The van der Waals surface area contributed by atoms with Gasteiger partial charge in [0.05, 0.1) is 13.5 Å². The minimum atomic E-state index is -0.407. The van der Waals surface area contributed by atoms with E-state index < -0.39 is 5.97 Å². The molecule has 1 amide bonds. The van der Waals surface area contributed by atoms with Crippen molar-refractivity contribution < 1.29 is 19.1 Å². The van der Waals surface area contributed by atoms with Gasteiger partial charge in [-0.2, -0.15) is 0 Å². The van der Waals surface area contributed by atoms with E-state index in [0.717, 1.165) is 23.3 Å². The van der Waals surface area contributed by atoms with Crippen LogP contribution in [0.1, 0.15) is 16.7 Å². The third kappa shape index (κ3) is 4.38. The van der Waals surface area contributed by atoms with E-state index in [1.165, 1.54) is 5.56 Å². The lowest BCUT2D eigenvalue weighted by Gasteiger charge is -2.28. The van der Waals surface area contributed by atoms with Gasteiger partial charge in [-0.25, -0.2) is 0 Å². The van der Waals surface area contributed by atoms with Crippen LogP contribution in [-0.4, -0.2) is 37.0 Å². The number of rotatable bonds is 5. The van der Waals surface area contributed by atoms with E-state index in [-0.39, 0.29) is 18.9 Å². The van der Waals surface area contributed by atoms with Gasteiger partial charge >= 0.3 is 5.97 Å². The van der Waals surface area contributed by atoms with Crippen LogP contribution in [-0.2, 0) is 33.7 Å². The lowest BCUT2D eigenvalue weighted by molar-refractivity contribution is -0.151. The van der Waals surface area contributed by atoms with Crippen molar-refractivity contribution in [2.45, 2.75) is 19.4 Å². The Balaban J connectivity index is 1.48. The van der Waals surface area contributed by atoms with Gasteiger partial charge in [-0.1, -0.05) is 36.4 Å². The summed E-state index contributed by atoms with van der Waals surface area (Å²) in [6.07, 6.45) is 0.974. The number of benzene rings is 2. The molecule has 2 aromatic rings. The maximum absolute atomic E-state index is 12.3. The largest absolute Gasteiger partial charge is 0.497 e. The van der Waals surface area contributed by atoms with Crippen molar-refractivity contribution in [1.29, 1.82) is 0 Å². The minimum Gasteiger partial charge on any atom is -0.497 e. The van der Waals surface area contributed by atoms with Crippen molar-refractivity contribution in [2.24, 2.45) is 0 Å². The first kappa shape index (κ1) is 17.0. The van der Waals surface area contributed by atoms with Crippen molar-refractivity contribution in [2.75, 3.05) is 20.3 Å². The topological polar surface area (TPSA) is 55.8 Å².